The van der Waals surface area contributed by atoms with Crippen LogP contribution in [0, 0.1) is 11.7 Å². The second-order valence-corrected chi connectivity index (χ2v) is 6.10. The fourth-order valence-electron chi connectivity index (χ4n) is 2.54. The van der Waals surface area contributed by atoms with Crippen LogP contribution in [-0.2, 0) is 11.2 Å². The van der Waals surface area contributed by atoms with Crippen LogP contribution in [-0.4, -0.2) is 25.3 Å². The minimum Gasteiger partial charge on any atom is -0.377 e. The summed E-state index contributed by atoms with van der Waals surface area (Å²) in [5.41, 5.74) is 0.640. The third-order valence-electron chi connectivity index (χ3n) is 3.52. The van der Waals surface area contributed by atoms with Gasteiger partial charge in [-0.15, -0.1) is 0 Å². The minimum atomic E-state index is -0.207. The molecule has 0 aliphatic heterocycles. The van der Waals surface area contributed by atoms with E-state index in [0.717, 1.165) is 13.0 Å². The summed E-state index contributed by atoms with van der Waals surface area (Å²) in [6.07, 6.45) is 1.67. The van der Waals surface area contributed by atoms with Crippen molar-refractivity contribution in [1.29, 1.82) is 0 Å². The number of nitrogens with one attached hydrogen (secondary N) is 1. The normalized spacial score (nSPS) is 14.4. The highest BCUT2D eigenvalue weighted by molar-refractivity contribution is 6.30. The van der Waals surface area contributed by atoms with Crippen LogP contribution in [0.5, 0.6) is 0 Å². The Bertz CT molecular complexity index is 425. The molecule has 2 nitrogen and oxygen atoms in total. The minimum absolute atomic E-state index is 0.0555. The molecule has 0 spiro atoms. The maximum atomic E-state index is 14.0. The van der Waals surface area contributed by atoms with Crippen LogP contribution < -0.4 is 5.32 Å². The monoisotopic (exact) mass is 315 g/mol. The van der Waals surface area contributed by atoms with Crippen LogP contribution in [0.1, 0.15) is 39.7 Å². The molecule has 0 heterocycles. The third kappa shape index (κ3) is 5.93. The smallest absolute Gasteiger partial charge is 0.126 e. The first-order valence-corrected chi connectivity index (χ1v) is 8.16. The van der Waals surface area contributed by atoms with Crippen LogP contribution in [0.4, 0.5) is 4.39 Å². The van der Waals surface area contributed by atoms with Gasteiger partial charge in [0.05, 0.1) is 6.10 Å². The average Bonchev–Trinajstić information content (AvgIpc) is 2.44. The largest absolute Gasteiger partial charge is 0.377 e. The fourth-order valence-corrected chi connectivity index (χ4v) is 2.73. The van der Waals surface area contributed by atoms with Gasteiger partial charge >= 0.3 is 0 Å². The molecule has 120 valence electrons. The molecule has 0 saturated heterocycles. The van der Waals surface area contributed by atoms with Crippen LogP contribution in [0.25, 0.3) is 0 Å². The molecular formula is C17H27ClFNO. The van der Waals surface area contributed by atoms with Gasteiger partial charge in [0.15, 0.2) is 0 Å². The zero-order valence-electron chi connectivity index (χ0n) is 13.5. The fraction of sp³-hybridized carbons (Fsp3) is 0.647. The van der Waals surface area contributed by atoms with Gasteiger partial charge in [-0.2, -0.15) is 0 Å². The summed E-state index contributed by atoms with van der Waals surface area (Å²) in [5.74, 6) is 0.156. The van der Waals surface area contributed by atoms with E-state index in [1.165, 1.54) is 6.07 Å². The Morgan fingerprint density at radius 3 is 2.57 bits per heavy atom. The first-order chi connectivity index (χ1) is 9.99. The standard InChI is InChI=1S/C17H27ClFNO/c1-5-9-20-16(17(12(3)4)21-6-2)11-13-10-14(18)7-8-15(13)19/h7-8,10,12,16-17,20H,5-6,9,11H2,1-4H3. The van der Waals surface area contributed by atoms with E-state index in [1.807, 2.05) is 6.92 Å². The van der Waals surface area contributed by atoms with Gasteiger partial charge < -0.3 is 10.1 Å². The lowest BCUT2D eigenvalue weighted by molar-refractivity contribution is 0.00346. The first kappa shape index (κ1) is 18.4. The van der Waals surface area contributed by atoms with Gasteiger partial charge in [0, 0.05) is 17.7 Å². The molecule has 2 atom stereocenters. The lowest BCUT2D eigenvalue weighted by Gasteiger charge is -2.31. The highest BCUT2D eigenvalue weighted by atomic mass is 35.5. The number of rotatable bonds is 9. The van der Waals surface area contributed by atoms with E-state index in [4.69, 9.17) is 16.3 Å². The van der Waals surface area contributed by atoms with Gasteiger partial charge in [-0.25, -0.2) is 4.39 Å². The van der Waals surface area contributed by atoms with Crippen molar-refractivity contribution in [1.82, 2.24) is 5.32 Å². The summed E-state index contributed by atoms with van der Waals surface area (Å²) >= 11 is 5.99. The number of benzene rings is 1. The van der Waals surface area contributed by atoms with Gasteiger partial charge in [-0.05, 0) is 56.0 Å². The molecule has 1 aromatic rings. The van der Waals surface area contributed by atoms with Crippen molar-refractivity contribution in [2.45, 2.75) is 52.7 Å². The molecule has 21 heavy (non-hydrogen) atoms. The second-order valence-electron chi connectivity index (χ2n) is 5.66. The van der Waals surface area contributed by atoms with E-state index < -0.39 is 0 Å². The molecule has 2 unspecified atom stereocenters. The summed E-state index contributed by atoms with van der Waals surface area (Å²) < 4.78 is 19.9. The molecule has 0 aliphatic carbocycles. The SMILES string of the molecule is CCCNC(Cc1cc(Cl)ccc1F)C(OCC)C(C)C. The van der Waals surface area contributed by atoms with Crippen molar-refractivity contribution in [2.24, 2.45) is 5.92 Å². The zero-order chi connectivity index (χ0) is 15.8. The average molecular weight is 316 g/mol. The Hall–Kier alpha value is -0.640. The Labute approximate surface area is 133 Å². The molecule has 0 radical (unpaired) electrons. The Morgan fingerprint density at radius 2 is 2.00 bits per heavy atom. The second kappa shape index (κ2) is 9.39. The van der Waals surface area contributed by atoms with Crippen molar-refractivity contribution in [2.75, 3.05) is 13.2 Å². The van der Waals surface area contributed by atoms with Gasteiger partial charge in [0.2, 0.25) is 0 Å². The van der Waals surface area contributed by atoms with Gasteiger partial charge in [-0.1, -0.05) is 32.4 Å². The highest BCUT2D eigenvalue weighted by Crippen LogP contribution is 2.20. The van der Waals surface area contributed by atoms with E-state index in [0.29, 0.717) is 29.5 Å². The van der Waals surface area contributed by atoms with Crippen molar-refractivity contribution < 1.29 is 9.13 Å². The van der Waals surface area contributed by atoms with E-state index in [1.54, 1.807) is 12.1 Å². The Kier molecular flexibility index (Phi) is 8.23. The lowest BCUT2D eigenvalue weighted by atomic mass is 9.93. The summed E-state index contributed by atoms with van der Waals surface area (Å²) in [7, 11) is 0. The predicted molar refractivity (Wildman–Crippen MR) is 87.4 cm³/mol. The molecule has 0 saturated carbocycles. The number of hydrogen-bond acceptors (Lipinski definition) is 2. The zero-order valence-corrected chi connectivity index (χ0v) is 14.2. The maximum Gasteiger partial charge on any atom is 0.126 e. The topological polar surface area (TPSA) is 21.3 Å². The van der Waals surface area contributed by atoms with Crippen molar-refractivity contribution in [3.05, 3.63) is 34.6 Å². The molecule has 0 bridgehead atoms. The van der Waals surface area contributed by atoms with Crippen LogP contribution in [0.15, 0.2) is 18.2 Å². The lowest BCUT2D eigenvalue weighted by Crippen LogP contribution is -2.46. The van der Waals surface area contributed by atoms with Gasteiger partial charge in [0.1, 0.15) is 5.82 Å². The molecule has 0 aromatic heterocycles. The molecule has 0 amide bonds. The Morgan fingerprint density at radius 1 is 1.29 bits per heavy atom. The number of ether oxygens (including phenoxy) is 1. The summed E-state index contributed by atoms with van der Waals surface area (Å²) in [4.78, 5) is 0. The predicted octanol–water partition coefficient (Wildman–Crippen LogP) is 4.45. The molecule has 1 aromatic carbocycles. The van der Waals surface area contributed by atoms with E-state index in [2.05, 4.69) is 26.1 Å². The summed E-state index contributed by atoms with van der Waals surface area (Å²) in [6, 6.07) is 4.80. The molecule has 1 N–H and O–H groups in total. The van der Waals surface area contributed by atoms with Gasteiger partial charge in [-0.3, -0.25) is 0 Å². The van der Waals surface area contributed by atoms with Crippen molar-refractivity contribution in [3.63, 3.8) is 0 Å². The van der Waals surface area contributed by atoms with E-state index in [-0.39, 0.29) is 18.0 Å². The molecule has 0 fully saturated rings. The number of halogens is 2. The van der Waals surface area contributed by atoms with Crippen molar-refractivity contribution >= 4 is 11.6 Å². The van der Waals surface area contributed by atoms with E-state index >= 15 is 0 Å². The maximum absolute atomic E-state index is 14.0. The quantitative estimate of drug-likeness (QED) is 0.727. The third-order valence-corrected chi connectivity index (χ3v) is 3.75. The molecular weight excluding hydrogens is 289 g/mol. The molecule has 4 heteroatoms. The van der Waals surface area contributed by atoms with E-state index in [9.17, 15) is 4.39 Å². The summed E-state index contributed by atoms with van der Waals surface area (Å²) in [5, 5.41) is 4.06. The van der Waals surface area contributed by atoms with Gasteiger partial charge in [0.25, 0.3) is 0 Å². The van der Waals surface area contributed by atoms with Crippen molar-refractivity contribution in [3.8, 4) is 0 Å². The van der Waals surface area contributed by atoms with Crippen LogP contribution in [0.2, 0.25) is 5.02 Å². The van der Waals surface area contributed by atoms with Crippen LogP contribution in [0.3, 0.4) is 0 Å². The molecule has 1 rings (SSSR count). The highest BCUT2D eigenvalue weighted by Gasteiger charge is 2.25. The first-order valence-electron chi connectivity index (χ1n) is 7.78. The van der Waals surface area contributed by atoms with Crippen LogP contribution >= 0.6 is 11.6 Å². The Balaban J connectivity index is 2.92. The number of hydrogen-bond donors (Lipinski definition) is 1. The summed E-state index contributed by atoms with van der Waals surface area (Å²) in [6.45, 7) is 9.93. The molecule has 0 aliphatic rings.